The Morgan fingerprint density at radius 2 is 1.75 bits per heavy atom. The number of carbonyl (C=O) groups excluding carboxylic acids is 1. The molecule has 3 aliphatic heterocycles. The molecule has 2 bridgehead atoms. The van der Waals surface area contributed by atoms with Gasteiger partial charge in [0.05, 0.1) is 67.8 Å². The number of fused-ring (bicyclic) bond motifs is 5. The van der Waals surface area contributed by atoms with Crippen molar-refractivity contribution in [2.45, 2.75) is 153 Å². The minimum atomic E-state index is -1.73. The van der Waals surface area contributed by atoms with Crippen LogP contribution >= 0.6 is 0 Å². The fourth-order valence-electron chi connectivity index (χ4n) is 21.0. The van der Waals surface area contributed by atoms with E-state index in [2.05, 4.69) is 58.5 Å². The Balaban J connectivity index is 1.11. The van der Waals surface area contributed by atoms with Gasteiger partial charge in [-0.3, -0.25) is 9.59 Å². The Morgan fingerprint density at radius 1 is 0.974 bits per heavy atom. The summed E-state index contributed by atoms with van der Waals surface area (Å²) in [5, 5.41) is 123. The van der Waals surface area contributed by atoms with Crippen LogP contribution in [0.1, 0.15) is 103 Å². The van der Waals surface area contributed by atoms with Crippen molar-refractivity contribution in [2.24, 2.45) is 91.0 Å². The van der Waals surface area contributed by atoms with Crippen LogP contribution < -0.4 is 16.4 Å². The number of aromatic amines is 2. The lowest BCUT2D eigenvalue weighted by Gasteiger charge is -2.83. The lowest BCUT2D eigenvalue weighted by Crippen LogP contribution is -2.81. The molecule has 25 unspecified atom stereocenters. The second-order valence-corrected chi connectivity index (χ2v) is 26.6. The number of anilines is 1. The molecule has 5 saturated carbocycles. The molecule has 424 valence electrons. The number of carboxylic acid groups (broad SMARTS) is 1. The number of hydrogen-bond donors (Lipinski definition) is 15. The van der Waals surface area contributed by atoms with E-state index in [1.165, 1.54) is 6.33 Å². The van der Waals surface area contributed by atoms with Crippen molar-refractivity contribution >= 4 is 17.7 Å². The zero-order chi connectivity index (χ0) is 54.7. The summed E-state index contributed by atoms with van der Waals surface area (Å²) >= 11 is 0. The number of imidazole rings is 2. The Morgan fingerprint density at radius 3 is 2.44 bits per heavy atom. The van der Waals surface area contributed by atoms with Gasteiger partial charge in [0.15, 0.2) is 6.29 Å². The number of allylic oxidation sites excluding steroid dienone is 4. The van der Waals surface area contributed by atoms with Crippen LogP contribution in [0.25, 0.3) is 0 Å². The van der Waals surface area contributed by atoms with Gasteiger partial charge in [-0.2, -0.15) is 0 Å². The van der Waals surface area contributed by atoms with Gasteiger partial charge in [0, 0.05) is 71.5 Å². The van der Waals surface area contributed by atoms with Crippen molar-refractivity contribution < 1.29 is 70.1 Å². The average Bonchev–Trinajstić information content (AvgIpc) is 4.22. The van der Waals surface area contributed by atoms with E-state index in [9.17, 15) is 60.7 Å². The number of aliphatic hydroxyl groups is 9. The largest absolute Gasteiger partial charge is 0.481 e. The highest BCUT2D eigenvalue weighted by atomic mass is 16.7. The summed E-state index contributed by atoms with van der Waals surface area (Å²) in [5.74, 6) is -6.48. The monoisotopic (exact) mass is 1080 g/mol. The summed E-state index contributed by atoms with van der Waals surface area (Å²) in [6, 6.07) is -0.926. The van der Waals surface area contributed by atoms with E-state index in [4.69, 9.17) is 20.2 Å². The quantitative estimate of drug-likeness (QED) is 0.0788. The molecule has 2 spiro atoms. The molecule has 2 saturated heterocycles. The molecule has 7 aliphatic carbocycles. The molecule has 7 fully saturated rings. The van der Waals surface area contributed by atoms with E-state index < -0.39 is 160 Å². The van der Waals surface area contributed by atoms with E-state index in [1.807, 2.05) is 6.92 Å². The molecule has 21 heteroatoms. The zero-order valence-electron chi connectivity index (χ0n) is 44.5. The number of carbonyl (C=O) groups is 2. The molecule has 21 nitrogen and oxygen atoms in total. The predicted octanol–water partition coefficient (Wildman–Crippen LogP) is 0.641. The van der Waals surface area contributed by atoms with E-state index in [-0.39, 0.29) is 31.5 Å². The van der Waals surface area contributed by atoms with Crippen molar-refractivity contribution in [3.63, 3.8) is 0 Å². The van der Waals surface area contributed by atoms with Gasteiger partial charge in [0.25, 0.3) is 0 Å². The normalized spacial score (nSPS) is 49.6. The number of hydrogen-bond acceptors (Lipinski definition) is 17. The van der Waals surface area contributed by atoms with Gasteiger partial charge in [-0.15, -0.1) is 0 Å². The Hall–Kier alpha value is -3.84. The summed E-state index contributed by atoms with van der Waals surface area (Å²) < 4.78 is 12.7. The highest BCUT2D eigenvalue weighted by Crippen LogP contribution is 2.88. The van der Waals surface area contributed by atoms with Crippen molar-refractivity contribution in [1.82, 2.24) is 25.3 Å². The van der Waals surface area contributed by atoms with E-state index in [0.29, 0.717) is 75.8 Å². The van der Waals surface area contributed by atoms with E-state index in [0.717, 1.165) is 16.8 Å². The molecule has 25 atom stereocenters. The maximum absolute atomic E-state index is 14.6. The summed E-state index contributed by atoms with van der Waals surface area (Å²) in [6.07, 6.45) is 1.99. The van der Waals surface area contributed by atoms with Gasteiger partial charge in [-0.1, -0.05) is 51.0 Å². The third kappa shape index (κ3) is 6.82. The highest BCUT2D eigenvalue weighted by molar-refractivity contribution is 5.82. The number of aliphatic carboxylic acids is 1. The Labute approximate surface area is 447 Å². The summed E-state index contributed by atoms with van der Waals surface area (Å²) in [7, 11) is 0. The van der Waals surface area contributed by atoms with Gasteiger partial charge in [-0.25, -0.2) is 9.97 Å². The van der Waals surface area contributed by atoms with Crippen molar-refractivity contribution in [2.75, 3.05) is 38.3 Å². The first-order valence-corrected chi connectivity index (χ1v) is 28.2. The number of aromatic nitrogens is 4. The SMILES string of the molecule is CC1(CO)CCC2(C(=O)O)C(C1)C1=CCC34C5=CC(C6C(CO)C(=O)NC6C(c6cnc[nH]6)C(O)CC(N)O)C6C(O)C(OC7OCC(O)C(O)C7O)C(C)(CO)C(CCC3(C)C1(CC5)C1Cc3[nH]cnc3NCC12)C64C. The number of rotatable bonds is 12. The molecule has 0 radical (unpaired) electrons. The first-order chi connectivity index (χ1) is 36.6. The Bertz CT molecular complexity index is 2690. The van der Waals surface area contributed by atoms with Gasteiger partial charge in [0.2, 0.25) is 5.91 Å². The summed E-state index contributed by atoms with van der Waals surface area (Å²) in [5.41, 5.74) is 3.50. The molecule has 2 aromatic rings. The fraction of sp³-hybridized carbons (Fsp3) is 0.786. The third-order valence-electron chi connectivity index (χ3n) is 24.0. The molecule has 5 heterocycles. The number of aliphatic hydroxyl groups excluding tert-OH is 9. The number of nitrogens with zero attached hydrogens (tertiary/aromatic N) is 2. The smallest absolute Gasteiger partial charge is 0.310 e. The molecule has 2 aromatic heterocycles. The van der Waals surface area contributed by atoms with Crippen LogP contribution in [0.15, 0.2) is 42.1 Å². The maximum atomic E-state index is 14.6. The number of nitrogens with one attached hydrogen (secondary N) is 4. The van der Waals surface area contributed by atoms with E-state index >= 15 is 0 Å². The van der Waals surface area contributed by atoms with Crippen LogP contribution in [0.4, 0.5) is 5.82 Å². The second-order valence-electron chi connectivity index (χ2n) is 26.6. The van der Waals surface area contributed by atoms with Crippen LogP contribution in [-0.2, 0) is 25.5 Å². The number of amides is 1. The molecular formula is C56H81N7O14. The van der Waals surface area contributed by atoms with Crippen molar-refractivity contribution in [3.8, 4) is 0 Å². The van der Waals surface area contributed by atoms with Crippen LogP contribution in [-0.4, -0.2) is 171 Å². The average molecular weight is 1080 g/mol. The molecule has 10 aliphatic rings. The Kier molecular flexibility index (Phi) is 12.8. The standard InChI is InChI=1S/C56H81N7O14/c1-50(21-65)11-12-54(49(74)75)30(16-50)28-6-10-56-25-5-9-55(28,29-14-32-46(62-24-61-32)59-17-31(29)54)52(56,3)8-7-36-51(2,22-66)45(77-48-44(72)42(70)35(68)20-76-48)43(71)40(53(36,56)4)26(13-25)38-27(19-64)47(73)63-41(38)39(33-18-58-23-60-33)34(67)15-37(57)69/h6,13,18,23-24,26-27,29-31,34-45,48,59,64-72H,5,7-12,14-17,19-22,57H2,1-4H3,(H,58,60)(H,61,62)(H,63,73)(H,74,75). The van der Waals surface area contributed by atoms with Crippen LogP contribution in [0.5, 0.6) is 0 Å². The lowest BCUT2D eigenvalue weighted by atomic mass is 9.20. The molecule has 1 amide bonds. The minimum absolute atomic E-state index is 0.0834. The predicted molar refractivity (Wildman–Crippen MR) is 273 cm³/mol. The highest BCUT2D eigenvalue weighted by Gasteiger charge is 2.85. The zero-order valence-corrected chi connectivity index (χ0v) is 44.5. The lowest BCUT2D eigenvalue weighted by molar-refractivity contribution is -0.361. The number of ether oxygens (including phenoxy) is 2. The number of H-pyrrole nitrogens is 2. The van der Waals surface area contributed by atoms with Crippen molar-refractivity contribution in [1.29, 1.82) is 0 Å². The molecule has 77 heavy (non-hydrogen) atoms. The fourth-order valence-corrected chi connectivity index (χ4v) is 21.0. The number of nitrogens with two attached hydrogens (primary N) is 1. The molecule has 12 rings (SSSR count). The van der Waals surface area contributed by atoms with Crippen LogP contribution in [0, 0.1) is 85.2 Å². The maximum Gasteiger partial charge on any atom is 0.310 e. The van der Waals surface area contributed by atoms with Crippen LogP contribution in [0.2, 0.25) is 0 Å². The molecule has 0 aromatic carbocycles. The van der Waals surface area contributed by atoms with Gasteiger partial charge in [-0.05, 0) is 104 Å². The van der Waals surface area contributed by atoms with Crippen LogP contribution in [0.3, 0.4) is 0 Å². The van der Waals surface area contributed by atoms with Crippen molar-refractivity contribution in [3.05, 3.63) is 53.5 Å². The van der Waals surface area contributed by atoms with Gasteiger partial charge in [0.1, 0.15) is 30.4 Å². The number of carboxylic acids is 1. The third-order valence-corrected chi connectivity index (χ3v) is 24.0. The summed E-state index contributed by atoms with van der Waals surface area (Å²) in [6.45, 7) is 7.49. The van der Waals surface area contributed by atoms with Gasteiger partial charge < -0.3 is 86.9 Å². The molecular weight excluding hydrogens is 995 g/mol. The van der Waals surface area contributed by atoms with E-state index in [1.54, 1.807) is 12.5 Å². The minimum Gasteiger partial charge on any atom is -0.481 e. The van der Waals surface area contributed by atoms with Gasteiger partial charge >= 0.3 is 5.97 Å². The summed E-state index contributed by atoms with van der Waals surface area (Å²) in [4.78, 5) is 44.7. The molecule has 16 N–H and O–H groups in total. The topological polar surface area (TPSA) is 362 Å². The first-order valence-electron chi connectivity index (χ1n) is 28.2. The first kappa shape index (κ1) is 53.8. The second kappa shape index (κ2) is 18.3.